The van der Waals surface area contributed by atoms with E-state index in [2.05, 4.69) is 56.3 Å². The maximum absolute atomic E-state index is 3.95. The van der Waals surface area contributed by atoms with Gasteiger partial charge in [0, 0.05) is 0 Å². The third-order valence-corrected chi connectivity index (χ3v) is 3.13. The minimum atomic E-state index is 0.553. The molecule has 0 spiro atoms. The van der Waals surface area contributed by atoms with E-state index in [-0.39, 0.29) is 0 Å². The molecule has 1 unspecified atom stereocenters. The molecule has 0 nitrogen and oxygen atoms in total. The van der Waals surface area contributed by atoms with Crippen molar-refractivity contribution in [3.8, 4) is 11.1 Å². The van der Waals surface area contributed by atoms with Crippen molar-refractivity contribution in [1.29, 1.82) is 0 Å². The van der Waals surface area contributed by atoms with Crippen LogP contribution in [0.3, 0.4) is 0 Å². The minimum Gasteiger partial charge on any atom is -0.0619 e. The Bertz CT molecular complexity index is 456. The van der Waals surface area contributed by atoms with E-state index in [9.17, 15) is 0 Å². The van der Waals surface area contributed by atoms with E-state index in [1.165, 1.54) is 16.7 Å². The van der Waals surface area contributed by atoms with Crippen molar-refractivity contribution >= 4 is 0 Å². The highest BCUT2D eigenvalue weighted by atomic mass is 14.1. The molecule has 0 fully saturated rings. The fourth-order valence-corrected chi connectivity index (χ4v) is 2.19. The second kappa shape index (κ2) is 5.67. The van der Waals surface area contributed by atoms with Crippen LogP contribution in [0.15, 0.2) is 48.5 Å². The van der Waals surface area contributed by atoms with Crippen LogP contribution in [0.5, 0.6) is 0 Å². The van der Waals surface area contributed by atoms with Crippen LogP contribution >= 0.6 is 0 Å². The first-order valence-corrected chi connectivity index (χ1v) is 6.18. The molecular formula is C17H18. The summed E-state index contributed by atoms with van der Waals surface area (Å²) in [6.45, 7) is 6.22. The van der Waals surface area contributed by atoms with Gasteiger partial charge in [0.05, 0.1) is 0 Å². The Morgan fingerprint density at radius 3 is 2.59 bits per heavy atom. The summed E-state index contributed by atoms with van der Waals surface area (Å²) in [4.78, 5) is 0. The van der Waals surface area contributed by atoms with Crippen LogP contribution in [0, 0.1) is 13.0 Å². The highest BCUT2D eigenvalue weighted by molar-refractivity contribution is 5.67. The zero-order valence-electron chi connectivity index (χ0n) is 10.3. The van der Waals surface area contributed by atoms with E-state index in [1.807, 2.05) is 12.1 Å². The fraction of sp³-hybridized carbons (Fsp3) is 0.235. The molecule has 0 aliphatic rings. The molecule has 1 atom stereocenters. The third-order valence-electron chi connectivity index (χ3n) is 3.13. The first-order valence-electron chi connectivity index (χ1n) is 6.18. The summed E-state index contributed by atoms with van der Waals surface area (Å²) in [5, 5.41) is 0. The zero-order valence-corrected chi connectivity index (χ0v) is 10.3. The molecule has 0 heteroatoms. The lowest BCUT2D eigenvalue weighted by molar-refractivity contribution is 0.691. The Kier molecular flexibility index (Phi) is 3.98. The number of rotatable bonds is 4. The summed E-state index contributed by atoms with van der Waals surface area (Å²) in [6.07, 6.45) is 2.11. The van der Waals surface area contributed by atoms with Crippen LogP contribution in [0.4, 0.5) is 0 Å². The molecule has 0 N–H and O–H groups in total. The molecule has 0 amide bonds. The standard InChI is InChI=1S/C17H18/c1-3-9-14(2)16-12-7-8-13-17(16)15-10-5-4-6-11-15/h4-8,10,12-14H,1,3,9H2,2H3. The van der Waals surface area contributed by atoms with Gasteiger partial charge < -0.3 is 0 Å². The molecule has 0 saturated carbocycles. The molecule has 0 aromatic heterocycles. The average Bonchev–Trinajstić information content (AvgIpc) is 2.40. The summed E-state index contributed by atoms with van der Waals surface area (Å²) in [5.41, 5.74) is 3.88. The SMILES string of the molecule is [CH2]CCC(C)c1ccccc1-c1[c]cccc1. The van der Waals surface area contributed by atoms with Crippen molar-refractivity contribution in [2.75, 3.05) is 0 Å². The lowest BCUT2D eigenvalue weighted by Gasteiger charge is -2.15. The van der Waals surface area contributed by atoms with Crippen molar-refractivity contribution in [3.05, 3.63) is 67.1 Å². The molecule has 2 rings (SSSR count). The van der Waals surface area contributed by atoms with Crippen LogP contribution in [-0.2, 0) is 0 Å². The maximum atomic E-state index is 3.95. The van der Waals surface area contributed by atoms with Gasteiger partial charge in [0.2, 0.25) is 0 Å². The van der Waals surface area contributed by atoms with Gasteiger partial charge in [0.1, 0.15) is 0 Å². The molecule has 0 saturated heterocycles. The number of benzene rings is 2. The molecule has 0 heterocycles. The van der Waals surface area contributed by atoms with Crippen molar-refractivity contribution in [2.45, 2.75) is 25.7 Å². The highest BCUT2D eigenvalue weighted by Crippen LogP contribution is 2.30. The molecule has 2 radical (unpaired) electrons. The van der Waals surface area contributed by atoms with Crippen LogP contribution in [-0.4, -0.2) is 0 Å². The van der Waals surface area contributed by atoms with Crippen molar-refractivity contribution in [2.24, 2.45) is 0 Å². The molecule has 86 valence electrons. The van der Waals surface area contributed by atoms with Crippen molar-refractivity contribution < 1.29 is 0 Å². The smallest absolute Gasteiger partial charge is 0.00991 e. The van der Waals surface area contributed by atoms with E-state index in [0.29, 0.717) is 5.92 Å². The Labute approximate surface area is 104 Å². The van der Waals surface area contributed by atoms with Gasteiger partial charge in [-0.1, -0.05) is 68.8 Å². The summed E-state index contributed by atoms with van der Waals surface area (Å²) in [6, 6.07) is 20.1. The lowest BCUT2D eigenvalue weighted by Crippen LogP contribution is -1.96. The van der Waals surface area contributed by atoms with Gasteiger partial charge in [0.25, 0.3) is 0 Å². The maximum Gasteiger partial charge on any atom is -0.00991 e. The van der Waals surface area contributed by atoms with Crippen molar-refractivity contribution in [1.82, 2.24) is 0 Å². The lowest BCUT2D eigenvalue weighted by atomic mass is 9.89. The van der Waals surface area contributed by atoms with Crippen LogP contribution in [0.2, 0.25) is 0 Å². The second-order valence-corrected chi connectivity index (χ2v) is 4.41. The normalized spacial score (nSPS) is 12.4. The van der Waals surface area contributed by atoms with Gasteiger partial charge in [-0.05, 0) is 35.1 Å². The topological polar surface area (TPSA) is 0 Å². The van der Waals surface area contributed by atoms with Crippen LogP contribution < -0.4 is 0 Å². The van der Waals surface area contributed by atoms with E-state index in [4.69, 9.17) is 0 Å². The van der Waals surface area contributed by atoms with Crippen molar-refractivity contribution in [3.63, 3.8) is 0 Å². The van der Waals surface area contributed by atoms with E-state index in [0.717, 1.165) is 12.8 Å². The molecular weight excluding hydrogens is 204 g/mol. The summed E-state index contributed by atoms with van der Waals surface area (Å²) in [5.74, 6) is 0.553. The van der Waals surface area contributed by atoms with Crippen LogP contribution in [0.25, 0.3) is 11.1 Å². The molecule has 0 aliphatic heterocycles. The van der Waals surface area contributed by atoms with Crippen LogP contribution in [0.1, 0.15) is 31.2 Å². The van der Waals surface area contributed by atoms with E-state index >= 15 is 0 Å². The first kappa shape index (κ1) is 11.9. The van der Waals surface area contributed by atoms with E-state index in [1.54, 1.807) is 0 Å². The predicted molar refractivity (Wildman–Crippen MR) is 73.7 cm³/mol. The Balaban J connectivity index is 2.41. The predicted octanol–water partition coefficient (Wildman–Crippen LogP) is 4.87. The molecule has 0 aliphatic carbocycles. The van der Waals surface area contributed by atoms with Gasteiger partial charge in [0.15, 0.2) is 0 Å². The summed E-state index contributed by atoms with van der Waals surface area (Å²) >= 11 is 0. The summed E-state index contributed by atoms with van der Waals surface area (Å²) < 4.78 is 0. The highest BCUT2D eigenvalue weighted by Gasteiger charge is 2.10. The largest absolute Gasteiger partial charge is 0.0619 e. The number of hydrogen-bond donors (Lipinski definition) is 0. The Morgan fingerprint density at radius 2 is 1.88 bits per heavy atom. The Morgan fingerprint density at radius 1 is 1.12 bits per heavy atom. The molecule has 0 bridgehead atoms. The summed E-state index contributed by atoms with van der Waals surface area (Å²) in [7, 11) is 0. The Hall–Kier alpha value is -1.56. The molecule has 2 aromatic carbocycles. The third kappa shape index (κ3) is 2.76. The average molecular weight is 222 g/mol. The monoisotopic (exact) mass is 222 g/mol. The zero-order chi connectivity index (χ0) is 12.1. The van der Waals surface area contributed by atoms with E-state index < -0.39 is 0 Å². The quantitative estimate of drug-likeness (QED) is 0.692. The first-order chi connectivity index (χ1) is 8.33. The fourth-order valence-electron chi connectivity index (χ4n) is 2.19. The van der Waals surface area contributed by atoms with Gasteiger partial charge in [-0.3, -0.25) is 0 Å². The second-order valence-electron chi connectivity index (χ2n) is 4.41. The van der Waals surface area contributed by atoms with Gasteiger partial charge >= 0.3 is 0 Å². The molecule has 17 heavy (non-hydrogen) atoms. The number of hydrogen-bond acceptors (Lipinski definition) is 0. The molecule has 2 aromatic rings. The van der Waals surface area contributed by atoms with Gasteiger partial charge in [-0.15, -0.1) is 0 Å². The van der Waals surface area contributed by atoms with Gasteiger partial charge in [-0.2, -0.15) is 0 Å². The minimum absolute atomic E-state index is 0.553. The van der Waals surface area contributed by atoms with Gasteiger partial charge in [-0.25, -0.2) is 0 Å².